The number of rotatable bonds is 5. The monoisotopic (exact) mass is 327 g/mol. The van der Waals surface area contributed by atoms with Crippen LogP contribution in [0.3, 0.4) is 0 Å². The molecule has 1 aromatic rings. The molecule has 4 nitrogen and oxygen atoms in total. The molecule has 0 saturated carbocycles. The predicted molar refractivity (Wildman–Crippen MR) is 77.0 cm³/mol. The Kier molecular flexibility index (Phi) is 5.22. The van der Waals surface area contributed by atoms with Crippen molar-refractivity contribution in [2.75, 3.05) is 18.9 Å². The van der Waals surface area contributed by atoms with Gasteiger partial charge in [0.05, 0.1) is 18.3 Å². The van der Waals surface area contributed by atoms with Crippen LogP contribution in [0.4, 0.5) is 5.69 Å². The van der Waals surface area contributed by atoms with Gasteiger partial charge in [0.25, 0.3) is 0 Å². The molecule has 1 saturated heterocycles. The number of halogens is 1. The Balaban J connectivity index is 1.75. The number of esters is 1. The fourth-order valence-electron chi connectivity index (χ4n) is 2.12. The minimum absolute atomic E-state index is 0.341. The second-order valence-corrected chi connectivity index (χ2v) is 5.51. The molecule has 5 heteroatoms. The summed E-state index contributed by atoms with van der Waals surface area (Å²) in [5.74, 6) is -0.341. The second kappa shape index (κ2) is 6.91. The summed E-state index contributed by atoms with van der Waals surface area (Å²) < 4.78 is 11.5. The summed E-state index contributed by atoms with van der Waals surface area (Å²) in [7, 11) is 0. The third-order valence-electron chi connectivity index (χ3n) is 3.14. The summed E-state index contributed by atoms with van der Waals surface area (Å²) in [6.07, 6.45) is 4.38. The molecule has 2 N–H and O–H groups in total. The molecule has 0 bridgehead atoms. The summed E-state index contributed by atoms with van der Waals surface area (Å²) in [5.41, 5.74) is 6.68. The lowest BCUT2D eigenvalue weighted by Crippen LogP contribution is -2.10. The smallest absolute Gasteiger partial charge is 0.339 e. The minimum Gasteiger partial charge on any atom is -0.462 e. The summed E-state index contributed by atoms with van der Waals surface area (Å²) in [6.45, 7) is 1.28. The van der Waals surface area contributed by atoms with E-state index in [0.29, 0.717) is 28.4 Å². The van der Waals surface area contributed by atoms with Gasteiger partial charge in [0.1, 0.15) is 0 Å². The molecule has 0 aliphatic carbocycles. The second-order valence-electron chi connectivity index (χ2n) is 4.65. The van der Waals surface area contributed by atoms with E-state index in [9.17, 15) is 4.79 Å². The van der Waals surface area contributed by atoms with Crippen LogP contribution in [0.15, 0.2) is 22.7 Å². The van der Waals surface area contributed by atoms with Gasteiger partial charge in [0.2, 0.25) is 0 Å². The molecule has 1 fully saturated rings. The molecule has 2 rings (SSSR count). The van der Waals surface area contributed by atoms with E-state index < -0.39 is 0 Å². The zero-order valence-electron chi connectivity index (χ0n) is 10.7. The molecule has 1 aliphatic heterocycles. The molecule has 104 valence electrons. The van der Waals surface area contributed by atoms with Gasteiger partial charge >= 0.3 is 5.97 Å². The van der Waals surface area contributed by atoms with Crippen molar-refractivity contribution in [2.45, 2.75) is 31.8 Å². The molecule has 1 aliphatic rings. The lowest BCUT2D eigenvalue weighted by molar-refractivity contribution is 0.0460. The molecule has 0 aromatic heterocycles. The molecule has 19 heavy (non-hydrogen) atoms. The first-order chi connectivity index (χ1) is 9.16. The zero-order valence-corrected chi connectivity index (χ0v) is 12.3. The highest BCUT2D eigenvalue weighted by Crippen LogP contribution is 2.21. The molecule has 1 heterocycles. The van der Waals surface area contributed by atoms with Gasteiger partial charge in [-0.2, -0.15) is 0 Å². The van der Waals surface area contributed by atoms with E-state index in [1.165, 1.54) is 0 Å². The Hall–Kier alpha value is -1.07. The maximum Gasteiger partial charge on any atom is 0.339 e. The van der Waals surface area contributed by atoms with Gasteiger partial charge in [-0.05, 0) is 59.8 Å². The van der Waals surface area contributed by atoms with Crippen molar-refractivity contribution in [3.63, 3.8) is 0 Å². The molecule has 1 aromatic carbocycles. The highest BCUT2D eigenvalue weighted by Gasteiger charge is 2.16. The highest BCUT2D eigenvalue weighted by atomic mass is 79.9. The molecule has 1 unspecified atom stereocenters. The average molecular weight is 328 g/mol. The first-order valence-electron chi connectivity index (χ1n) is 6.50. The maximum atomic E-state index is 11.9. The quantitative estimate of drug-likeness (QED) is 0.512. The Labute approximate surface area is 121 Å². The number of hydrogen-bond donors (Lipinski definition) is 1. The summed E-state index contributed by atoms with van der Waals surface area (Å²) in [4.78, 5) is 11.9. The first-order valence-corrected chi connectivity index (χ1v) is 7.30. The van der Waals surface area contributed by atoms with Gasteiger partial charge in [-0.1, -0.05) is 0 Å². The largest absolute Gasteiger partial charge is 0.462 e. The molecular weight excluding hydrogens is 310 g/mol. The van der Waals surface area contributed by atoms with Crippen molar-refractivity contribution in [3.05, 3.63) is 28.2 Å². The Morgan fingerprint density at radius 1 is 1.53 bits per heavy atom. The van der Waals surface area contributed by atoms with Crippen LogP contribution < -0.4 is 5.73 Å². The van der Waals surface area contributed by atoms with Crippen LogP contribution in [0.5, 0.6) is 0 Å². The van der Waals surface area contributed by atoms with Crippen LogP contribution in [0, 0.1) is 0 Å². The number of benzene rings is 1. The van der Waals surface area contributed by atoms with Crippen molar-refractivity contribution in [1.29, 1.82) is 0 Å². The number of carbonyl (C=O) groups excluding carboxylic acids is 1. The van der Waals surface area contributed by atoms with E-state index in [4.69, 9.17) is 15.2 Å². The van der Waals surface area contributed by atoms with Gasteiger partial charge < -0.3 is 15.2 Å². The Morgan fingerprint density at radius 2 is 2.37 bits per heavy atom. The predicted octanol–water partition coefficient (Wildman–Crippen LogP) is 3.15. The molecule has 1 atom stereocenters. The molecule has 0 amide bonds. The third-order valence-corrected chi connectivity index (χ3v) is 3.83. The van der Waals surface area contributed by atoms with E-state index in [-0.39, 0.29) is 5.97 Å². The summed E-state index contributed by atoms with van der Waals surface area (Å²) in [5, 5.41) is 0. The van der Waals surface area contributed by atoms with E-state index in [0.717, 1.165) is 32.3 Å². The van der Waals surface area contributed by atoms with Gasteiger partial charge in [-0.3, -0.25) is 0 Å². The van der Waals surface area contributed by atoms with E-state index in [2.05, 4.69) is 15.9 Å². The number of carbonyl (C=O) groups is 1. The van der Waals surface area contributed by atoms with Gasteiger partial charge in [0, 0.05) is 16.8 Å². The van der Waals surface area contributed by atoms with Crippen LogP contribution in [0.2, 0.25) is 0 Å². The lowest BCUT2D eigenvalue weighted by Gasteiger charge is -2.10. The standard InChI is InChI=1S/C14H18BrNO3/c15-13-6-5-10(16)9-12(13)14(17)19-8-2-4-11-3-1-7-18-11/h5-6,9,11H,1-4,7-8,16H2. The molecule has 0 spiro atoms. The van der Waals surface area contributed by atoms with Gasteiger partial charge in [-0.15, -0.1) is 0 Å². The van der Waals surface area contributed by atoms with Gasteiger partial charge in [0.15, 0.2) is 0 Å². The van der Waals surface area contributed by atoms with Crippen LogP contribution in [0.25, 0.3) is 0 Å². The Bertz CT molecular complexity index is 444. The van der Waals surface area contributed by atoms with Crippen molar-refractivity contribution in [2.24, 2.45) is 0 Å². The van der Waals surface area contributed by atoms with Crippen LogP contribution in [-0.4, -0.2) is 25.3 Å². The van der Waals surface area contributed by atoms with Crippen molar-refractivity contribution in [1.82, 2.24) is 0 Å². The van der Waals surface area contributed by atoms with Crippen molar-refractivity contribution < 1.29 is 14.3 Å². The topological polar surface area (TPSA) is 61.6 Å². The normalized spacial score (nSPS) is 18.5. The van der Waals surface area contributed by atoms with E-state index in [1.807, 2.05) is 0 Å². The zero-order chi connectivity index (χ0) is 13.7. The fraction of sp³-hybridized carbons (Fsp3) is 0.500. The third kappa shape index (κ3) is 4.21. The number of ether oxygens (including phenoxy) is 2. The summed E-state index contributed by atoms with van der Waals surface area (Å²) >= 11 is 3.32. The van der Waals surface area contributed by atoms with Crippen LogP contribution in [0.1, 0.15) is 36.0 Å². The average Bonchev–Trinajstić information content (AvgIpc) is 2.90. The van der Waals surface area contributed by atoms with E-state index >= 15 is 0 Å². The van der Waals surface area contributed by atoms with Crippen molar-refractivity contribution >= 4 is 27.6 Å². The Morgan fingerprint density at radius 3 is 3.11 bits per heavy atom. The molecular formula is C14H18BrNO3. The minimum atomic E-state index is -0.341. The van der Waals surface area contributed by atoms with E-state index in [1.54, 1.807) is 18.2 Å². The van der Waals surface area contributed by atoms with Crippen LogP contribution in [-0.2, 0) is 9.47 Å². The fourth-order valence-corrected chi connectivity index (χ4v) is 2.53. The van der Waals surface area contributed by atoms with Gasteiger partial charge in [-0.25, -0.2) is 4.79 Å². The number of nitrogen functional groups attached to an aromatic ring is 1. The SMILES string of the molecule is Nc1ccc(Br)c(C(=O)OCCCC2CCCO2)c1. The number of hydrogen-bond acceptors (Lipinski definition) is 4. The number of anilines is 1. The lowest BCUT2D eigenvalue weighted by atomic mass is 10.1. The number of nitrogens with two attached hydrogens (primary N) is 1. The maximum absolute atomic E-state index is 11.9. The first kappa shape index (κ1) is 14.3. The molecule has 0 radical (unpaired) electrons. The van der Waals surface area contributed by atoms with Crippen LogP contribution >= 0.6 is 15.9 Å². The van der Waals surface area contributed by atoms with Crippen molar-refractivity contribution in [3.8, 4) is 0 Å². The highest BCUT2D eigenvalue weighted by molar-refractivity contribution is 9.10. The summed E-state index contributed by atoms with van der Waals surface area (Å²) in [6, 6.07) is 5.10.